The van der Waals surface area contributed by atoms with Crippen molar-refractivity contribution in [3.05, 3.63) is 94.5 Å². The molecule has 26 heavy (non-hydrogen) atoms. The molecular weight excluding hydrogens is 320 g/mol. The molecule has 2 heterocycles. The molecule has 0 saturated carbocycles. The molecule has 0 saturated heterocycles. The van der Waals surface area contributed by atoms with Gasteiger partial charge in [-0.25, -0.2) is 0 Å². The molecule has 2 nitrogen and oxygen atoms in total. The van der Waals surface area contributed by atoms with E-state index >= 15 is 0 Å². The number of ether oxygens (including phenoxy) is 2. The summed E-state index contributed by atoms with van der Waals surface area (Å²) in [5.41, 5.74) is 6.65. The van der Waals surface area contributed by atoms with E-state index in [-0.39, 0.29) is 12.2 Å². The molecule has 6 rings (SSSR count). The van der Waals surface area contributed by atoms with Crippen molar-refractivity contribution in [1.29, 1.82) is 0 Å². The summed E-state index contributed by atoms with van der Waals surface area (Å²) >= 11 is 0. The molecule has 0 spiro atoms. The highest BCUT2D eigenvalue weighted by molar-refractivity contribution is 5.55. The van der Waals surface area contributed by atoms with Gasteiger partial charge in [-0.15, -0.1) is 0 Å². The zero-order valence-electron chi connectivity index (χ0n) is 14.5. The first-order valence-electron chi connectivity index (χ1n) is 9.50. The maximum Gasteiger partial charge on any atom is 0.131 e. The molecule has 3 aliphatic rings. The Morgan fingerprint density at radius 2 is 1.58 bits per heavy atom. The van der Waals surface area contributed by atoms with Crippen molar-refractivity contribution in [2.45, 2.75) is 37.4 Å². The topological polar surface area (TPSA) is 18.5 Å². The van der Waals surface area contributed by atoms with Gasteiger partial charge in [-0.3, -0.25) is 0 Å². The second-order valence-electron chi connectivity index (χ2n) is 7.60. The lowest BCUT2D eigenvalue weighted by molar-refractivity contribution is 0.195. The van der Waals surface area contributed by atoms with Crippen LogP contribution in [0.25, 0.3) is 0 Å². The Balaban J connectivity index is 1.35. The van der Waals surface area contributed by atoms with Crippen LogP contribution in [0.1, 0.15) is 52.4 Å². The lowest BCUT2D eigenvalue weighted by atomic mass is 9.79. The summed E-state index contributed by atoms with van der Waals surface area (Å²) in [6, 6.07) is 23.7. The summed E-state index contributed by atoms with van der Waals surface area (Å²) in [6.07, 6.45) is 3.49. The van der Waals surface area contributed by atoms with Gasteiger partial charge in [0, 0.05) is 23.5 Å². The van der Waals surface area contributed by atoms with Gasteiger partial charge in [-0.2, -0.15) is 0 Å². The van der Waals surface area contributed by atoms with Crippen LogP contribution in [0, 0.1) is 0 Å². The second kappa shape index (κ2) is 5.38. The van der Waals surface area contributed by atoms with Crippen LogP contribution < -0.4 is 9.47 Å². The molecule has 0 amide bonds. The van der Waals surface area contributed by atoms with Crippen LogP contribution in [0.2, 0.25) is 0 Å². The fourth-order valence-corrected chi connectivity index (χ4v) is 4.85. The molecule has 0 fully saturated rings. The van der Waals surface area contributed by atoms with E-state index in [0.717, 1.165) is 30.8 Å². The van der Waals surface area contributed by atoms with Gasteiger partial charge >= 0.3 is 0 Å². The summed E-state index contributed by atoms with van der Waals surface area (Å²) in [5, 5.41) is 0. The molecule has 1 unspecified atom stereocenters. The zero-order valence-corrected chi connectivity index (χ0v) is 14.5. The molecule has 3 aromatic carbocycles. The first-order valence-corrected chi connectivity index (χ1v) is 9.50. The van der Waals surface area contributed by atoms with Crippen molar-refractivity contribution in [3.8, 4) is 11.5 Å². The Morgan fingerprint density at radius 3 is 2.50 bits per heavy atom. The first kappa shape index (κ1) is 14.4. The molecule has 128 valence electrons. The van der Waals surface area contributed by atoms with Crippen molar-refractivity contribution in [1.82, 2.24) is 0 Å². The van der Waals surface area contributed by atoms with E-state index in [1.165, 1.54) is 27.8 Å². The summed E-state index contributed by atoms with van der Waals surface area (Å²) in [5.74, 6) is 2.55. The van der Waals surface area contributed by atoms with Crippen LogP contribution in [0.15, 0.2) is 66.7 Å². The summed E-state index contributed by atoms with van der Waals surface area (Å²) < 4.78 is 12.8. The molecule has 0 radical (unpaired) electrons. The fourth-order valence-electron chi connectivity index (χ4n) is 4.85. The molecule has 0 bridgehead atoms. The fraction of sp³-hybridized carbons (Fsp3) is 0.250. The van der Waals surface area contributed by atoms with Crippen LogP contribution in [0.5, 0.6) is 11.5 Å². The maximum absolute atomic E-state index is 6.45. The molecule has 2 aliphatic heterocycles. The Kier molecular flexibility index (Phi) is 2.98. The largest absolute Gasteiger partial charge is 0.485 e. The minimum atomic E-state index is 0.122. The second-order valence-corrected chi connectivity index (χ2v) is 7.60. The average molecular weight is 340 g/mol. The molecule has 3 atom stereocenters. The van der Waals surface area contributed by atoms with Crippen LogP contribution in [0.4, 0.5) is 0 Å². The first-order chi connectivity index (χ1) is 12.9. The van der Waals surface area contributed by atoms with Gasteiger partial charge in [0.15, 0.2) is 0 Å². The van der Waals surface area contributed by atoms with E-state index in [4.69, 9.17) is 9.47 Å². The van der Waals surface area contributed by atoms with Gasteiger partial charge in [0.05, 0.1) is 0 Å². The normalized spacial score (nSPS) is 24.7. The predicted molar refractivity (Wildman–Crippen MR) is 101 cm³/mol. The maximum atomic E-state index is 6.45. The number of benzene rings is 3. The van der Waals surface area contributed by atoms with E-state index in [9.17, 15) is 0 Å². The zero-order chi connectivity index (χ0) is 17.1. The molecule has 3 aromatic rings. The Bertz CT molecular complexity index is 992. The van der Waals surface area contributed by atoms with E-state index in [1.54, 1.807) is 0 Å². The average Bonchev–Trinajstić information content (AvgIpc) is 3.27. The molecular formula is C24H20O2. The van der Waals surface area contributed by atoms with E-state index in [1.807, 2.05) is 0 Å². The highest BCUT2D eigenvalue weighted by Crippen LogP contribution is 2.54. The molecule has 0 aromatic heterocycles. The number of hydrogen-bond donors (Lipinski definition) is 0. The summed E-state index contributed by atoms with van der Waals surface area (Å²) in [7, 11) is 0. The molecule has 1 aliphatic carbocycles. The van der Waals surface area contributed by atoms with Crippen molar-refractivity contribution in [2.24, 2.45) is 0 Å². The van der Waals surface area contributed by atoms with E-state index in [2.05, 4.69) is 66.7 Å². The monoisotopic (exact) mass is 340 g/mol. The number of rotatable bonds is 1. The van der Waals surface area contributed by atoms with Crippen LogP contribution in [-0.4, -0.2) is 0 Å². The standard InChI is InChI=1S/C24H20O2/c1-2-7-16(8-3-1)21-12-17-13-23-20(14-22(17)25-21)19-11-10-15-6-4-5-9-18(15)24(19)26-23/h1-9,13-14,19,21,24H,10-12H2/t19-,21?,24-/m0/s1. The van der Waals surface area contributed by atoms with E-state index < -0.39 is 0 Å². The SMILES string of the molecule is c1ccc(C2Cc3cc4c(cc3O2)[C@@H]2CCc3ccccc3[C@@H]2O4)cc1. The third-order valence-corrected chi connectivity index (χ3v) is 6.14. The highest BCUT2D eigenvalue weighted by Gasteiger charge is 2.40. The van der Waals surface area contributed by atoms with E-state index in [0.29, 0.717) is 5.92 Å². The Morgan fingerprint density at radius 1 is 0.731 bits per heavy atom. The lowest BCUT2D eigenvalue weighted by Gasteiger charge is -2.27. The van der Waals surface area contributed by atoms with Crippen LogP contribution >= 0.6 is 0 Å². The van der Waals surface area contributed by atoms with Crippen molar-refractivity contribution in [2.75, 3.05) is 0 Å². The predicted octanol–water partition coefficient (Wildman–Crippen LogP) is 5.53. The summed E-state index contributed by atoms with van der Waals surface area (Å²) in [6.45, 7) is 0. The van der Waals surface area contributed by atoms with Gasteiger partial charge in [0.2, 0.25) is 0 Å². The van der Waals surface area contributed by atoms with Crippen molar-refractivity contribution < 1.29 is 9.47 Å². The third-order valence-electron chi connectivity index (χ3n) is 6.14. The van der Waals surface area contributed by atoms with Crippen LogP contribution in [-0.2, 0) is 12.8 Å². The highest BCUT2D eigenvalue weighted by atomic mass is 16.5. The quantitative estimate of drug-likeness (QED) is 0.580. The van der Waals surface area contributed by atoms with Crippen molar-refractivity contribution >= 4 is 0 Å². The minimum absolute atomic E-state index is 0.122. The van der Waals surface area contributed by atoms with Gasteiger partial charge in [-0.05, 0) is 41.7 Å². The van der Waals surface area contributed by atoms with Gasteiger partial charge in [0.25, 0.3) is 0 Å². The van der Waals surface area contributed by atoms with Gasteiger partial charge < -0.3 is 9.47 Å². The lowest BCUT2D eigenvalue weighted by Crippen LogP contribution is -2.18. The minimum Gasteiger partial charge on any atom is -0.485 e. The Labute approximate surface area is 153 Å². The van der Waals surface area contributed by atoms with Crippen LogP contribution in [0.3, 0.4) is 0 Å². The van der Waals surface area contributed by atoms with Gasteiger partial charge in [0.1, 0.15) is 23.7 Å². The number of hydrogen-bond acceptors (Lipinski definition) is 2. The van der Waals surface area contributed by atoms with Gasteiger partial charge in [-0.1, -0.05) is 54.6 Å². The molecule has 0 N–H and O–H groups in total. The smallest absolute Gasteiger partial charge is 0.131 e. The summed E-state index contributed by atoms with van der Waals surface area (Å²) in [4.78, 5) is 0. The molecule has 2 heteroatoms. The Hall–Kier alpha value is -2.74. The van der Waals surface area contributed by atoms with Crippen molar-refractivity contribution in [3.63, 3.8) is 0 Å². The number of aryl methyl sites for hydroxylation is 1. The third kappa shape index (κ3) is 2.05. The number of fused-ring (bicyclic) bond motifs is 6.